The molecule has 2 aliphatic heterocycles. The summed E-state index contributed by atoms with van der Waals surface area (Å²) in [5.41, 5.74) is -0.526. The van der Waals surface area contributed by atoms with Crippen LogP contribution >= 0.6 is 0 Å². The number of nitrogens with one attached hydrogen (secondary N) is 1. The molecule has 0 spiro atoms. The fraction of sp³-hybridized carbons (Fsp3) is 0.857. The van der Waals surface area contributed by atoms with Gasteiger partial charge < -0.3 is 25.0 Å². The van der Waals surface area contributed by atoms with Gasteiger partial charge in [-0.3, -0.25) is 0 Å². The molecular formula is C14H25N3O4. The standard InChI is InChI=1S/C14H25N3O4/c1-3-17(11-4-6-15-7-5-11)13(20)16-9-14(2,10-16)21-8-12(18)19/h11,15H,3-10H2,1-2H3,(H,18,19). The van der Waals surface area contributed by atoms with Crippen LogP contribution in [0.2, 0.25) is 0 Å². The Balaban J connectivity index is 1.84. The maximum atomic E-state index is 12.5. The summed E-state index contributed by atoms with van der Waals surface area (Å²) >= 11 is 0. The molecule has 0 saturated carbocycles. The van der Waals surface area contributed by atoms with E-state index in [0.29, 0.717) is 25.7 Å². The zero-order valence-electron chi connectivity index (χ0n) is 12.8. The van der Waals surface area contributed by atoms with Gasteiger partial charge in [-0.05, 0) is 39.8 Å². The lowest BCUT2D eigenvalue weighted by atomic mass is 9.96. The van der Waals surface area contributed by atoms with Crippen LogP contribution in [-0.2, 0) is 9.53 Å². The lowest BCUT2D eigenvalue weighted by Gasteiger charge is -2.49. The number of piperidine rings is 1. The molecular weight excluding hydrogens is 274 g/mol. The summed E-state index contributed by atoms with van der Waals surface area (Å²) in [5.74, 6) is -0.981. The van der Waals surface area contributed by atoms with Gasteiger partial charge in [0.15, 0.2) is 0 Å². The summed E-state index contributed by atoms with van der Waals surface area (Å²) in [7, 11) is 0. The normalized spacial score (nSPS) is 21.7. The zero-order chi connectivity index (χ0) is 15.5. The summed E-state index contributed by atoms with van der Waals surface area (Å²) < 4.78 is 5.34. The van der Waals surface area contributed by atoms with Gasteiger partial charge in [-0.1, -0.05) is 0 Å². The molecule has 0 bridgehead atoms. The molecule has 0 unspecified atom stereocenters. The molecule has 0 radical (unpaired) electrons. The lowest BCUT2D eigenvalue weighted by Crippen LogP contribution is -2.66. The molecule has 2 rings (SSSR count). The van der Waals surface area contributed by atoms with Crippen LogP contribution in [0.3, 0.4) is 0 Å². The van der Waals surface area contributed by atoms with E-state index in [9.17, 15) is 9.59 Å². The van der Waals surface area contributed by atoms with Gasteiger partial charge in [-0.2, -0.15) is 0 Å². The highest BCUT2D eigenvalue weighted by Gasteiger charge is 2.44. The average Bonchev–Trinajstić information content (AvgIpc) is 2.44. The lowest BCUT2D eigenvalue weighted by molar-refractivity contribution is -0.160. The molecule has 2 saturated heterocycles. The van der Waals surface area contributed by atoms with Gasteiger partial charge in [0.25, 0.3) is 0 Å². The molecule has 2 aliphatic rings. The van der Waals surface area contributed by atoms with Crippen LogP contribution in [0.15, 0.2) is 0 Å². The minimum absolute atomic E-state index is 0.0424. The first kappa shape index (κ1) is 16.0. The van der Waals surface area contributed by atoms with Crippen LogP contribution in [0, 0.1) is 0 Å². The number of carboxylic acid groups (broad SMARTS) is 1. The van der Waals surface area contributed by atoms with Gasteiger partial charge in [0, 0.05) is 12.6 Å². The molecule has 7 nitrogen and oxygen atoms in total. The molecule has 0 aromatic carbocycles. The van der Waals surface area contributed by atoms with Crippen molar-refractivity contribution in [2.24, 2.45) is 0 Å². The Labute approximate surface area is 125 Å². The molecule has 2 heterocycles. The van der Waals surface area contributed by atoms with Crippen LogP contribution in [0.1, 0.15) is 26.7 Å². The number of ether oxygens (including phenoxy) is 1. The Hall–Kier alpha value is -1.34. The monoisotopic (exact) mass is 299 g/mol. The second-order valence-electron chi connectivity index (χ2n) is 6.04. The highest BCUT2D eigenvalue weighted by molar-refractivity contribution is 5.76. The maximum absolute atomic E-state index is 12.5. The van der Waals surface area contributed by atoms with Crippen LogP contribution in [-0.4, -0.2) is 77.9 Å². The van der Waals surface area contributed by atoms with Crippen molar-refractivity contribution in [3.05, 3.63) is 0 Å². The van der Waals surface area contributed by atoms with Crippen molar-refractivity contribution in [2.75, 3.05) is 39.3 Å². The maximum Gasteiger partial charge on any atom is 0.329 e. The summed E-state index contributed by atoms with van der Waals surface area (Å²) in [6.45, 7) is 7.06. The number of nitrogens with zero attached hydrogens (tertiary/aromatic N) is 2. The molecule has 0 atom stereocenters. The van der Waals surface area contributed by atoms with E-state index in [-0.39, 0.29) is 12.6 Å². The SMILES string of the molecule is CCN(C(=O)N1CC(C)(OCC(=O)O)C1)C1CCNCC1. The molecule has 2 amide bonds. The Kier molecular flexibility index (Phi) is 5.05. The van der Waals surface area contributed by atoms with Gasteiger partial charge in [0.1, 0.15) is 12.2 Å². The predicted molar refractivity (Wildman–Crippen MR) is 77.2 cm³/mol. The van der Waals surface area contributed by atoms with E-state index >= 15 is 0 Å². The molecule has 7 heteroatoms. The van der Waals surface area contributed by atoms with Crippen molar-refractivity contribution >= 4 is 12.0 Å². The predicted octanol–water partition coefficient (Wildman–Crippen LogP) is 0.356. The second kappa shape index (κ2) is 6.62. The Morgan fingerprint density at radius 2 is 2.00 bits per heavy atom. The van der Waals surface area contributed by atoms with Gasteiger partial charge in [0.2, 0.25) is 0 Å². The molecule has 0 aliphatic carbocycles. The number of carboxylic acids is 1. The minimum Gasteiger partial charge on any atom is -0.480 e. The number of aliphatic carboxylic acids is 1. The topological polar surface area (TPSA) is 82.1 Å². The fourth-order valence-electron chi connectivity index (χ4n) is 3.07. The Morgan fingerprint density at radius 3 is 2.52 bits per heavy atom. The van der Waals surface area contributed by atoms with Crippen molar-refractivity contribution in [1.29, 1.82) is 0 Å². The van der Waals surface area contributed by atoms with Gasteiger partial charge >= 0.3 is 12.0 Å². The largest absolute Gasteiger partial charge is 0.480 e. The number of carbonyl (C=O) groups excluding carboxylic acids is 1. The minimum atomic E-state index is -0.981. The number of hydrogen-bond acceptors (Lipinski definition) is 4. The van der Waals surface area contributed by atoms with Crippen LogP contribution < -0.4 is 5.32 Å². The molecule has 0 aromatic rings. The van der Waals surface area contributed by atoms with Crippen molar-refractivity contribution in [2.45, 2.75) is 38.3 Å². The number of carbonyl (C=O) groups is 2. The summed E-state index contributed by atoms with van der Waals surface area (Å²) in [5, 5.41) is 12.0. The third-order valence-electron chi connectivity index (χ3n) is 4.20. The fourth-order valence-corrected chi connectivity index (χ4v) is 3.07. The van der Waals surface area contributed by atoms with E-state index in [0.717, 1.165) is 25.9 Å². The molecule has 120 valence electrons. The number of rotatable bonds is 5. The Morgan fingerprint density at radius 1 is 1.38 bits per heavy atom. The molecule has 2 N–H and O–H groups in total. The third kappa shape index (κ3) is 3.85. The smallest absolute Gasteiger partial charge is 0.329 e. The Bertz CT molecular complexity index is 390. The van der Waals surface area contributed by atoms with E-state index in [4.69, 9.17) is 9.84 Å². The summed E-state index contributed by atoms with van der Waals surface area (Å²) in [6, 6.07) is 0.344. The summed E-state index contributed by atoms with van der Waals surface area (Å²) in [4.78, 5) is 26.8. The number of urea groups is 1. The first-order chi connectivity index (χ1) is 9.95. The van der Waals surface area contributed by atoms with E-state index in [1.54, 1.807) is 4.90 Å². The van der Waals surface area contributed by atoms with Crippen molar-refractivity contribution in [1.82, 2.24) is 15.1 Å². The number of hydrogen-bond donors (Lipinski definition) is 2. The average molecular weight is 299 g/mol. The van der Waals surface area contributed by atoms with Gasteiger partial charge in [-0.25, -0.2) is 9.59 Å². The second-order valence-corrected chi connectivity index (χ2v) is 6.04. The van der Waals surface area contributed by atoms with Gasteiger partial charge in [0.05, 0.1) is 13.1 Å². The first-order valence-electron chi connectivity index (χ1n) is 7.57. The number of amides is 2. The van der Waals surface area contributed by atoms with Crippen LogP contribution in [0.4, 0.5) is 4.79 Å². The quantitative estimate of drug-likeness (QED) is 0.766. The highest BCUT2D eigenvalue weighted by Crippen LogP contribution is 2.27. The van der Waals surface area contributed by atoms with Crippen molar-refractivity contribution in [3.63, 3.8) is 0 Å². The van der Waals surface area contributed by atoms with E-state index in [1.165, 1.54) is 0 Å². The van der Waals surface area contributed by atoms with Crippen molar-refractivity contribution < 1.29 is 19.4 Å². The van der Waals surface area contributed by atoms with Crippen molar-refractivity contribution in [3.8, 4) is 0 Å². The molecule has 0 aromatic heterocycles. The molecule has 2 fully saturated rings. The highest BCUT2D eigenvalue weighted by atomic mass is 16.5. The number of likely N-dealkylation sites (tertiary alicyclic amines) is 1. The zero-order valence-corrected chi connectivity index (χ0v) is 12.8. The third-order valence-corrected chi connectivity index (χ3v) is 4.20. The van der Waals surface area contributed by atoms with Gasteiger partial charge in [-0.15, -0.1) is 0 Å². The van der Waals surface area contributed by atoms with E-state index in [2.05, 4.69) is 5.32 Å². The van der Waals surface area contributed by atoms with Crippen LogP contribution in [0.5, 0.6) is 0 Å². The van der Waals surface area contributed by atoms with Crippen LogP contribution in [0.25, 0.3) is 0 Å². The first-order valence-corrected chi connectivity index (χ1v) is 7.57. The van der Waals surface area contributed by atoms with E-state index < -0.39 is 11.6 Å². The molecule has 21 heavy (non-hydrogen) atoms. The summed E-state index contributed by atoms with van der Waals surface area (Å²) in [6.07, 6.45) is 1.97. The van der Waals surface area contributed by atoms with E-state index in [1.807, 2.05) is 18.7 Å².